The van der Waals surface area contributed by atoms with Gasteiger partial charge in [-0.05, 0) is 29.9 Å². The summed E-state index contributed by atoms with van der Waals surface area (Å²) >= 11 is 0. The molecule has 0 aliphatic carbocycles. The topological polar surface area (TPSA) is 40.1 Å². The molecular weight excluding hydrogens is 272 g/mol. The minimum atomic E-state index is -0.921. The largest absolute Gasteiger partial charge is 0.550 e. The molecule has 0 bridgehead atoms. The van der Waals surface area contributed by atoms with Crippen LogP contribution in [-0.4, -0.2) is 5.97 Å². The molecule has 2 aromatic carbocycles. The Balaban J connectivity index is 0.000000261. The van der Waals surface area contributed by atoms with E-state index >= 15 is 0 Å². The van der Waals surface area contributed by atoms with Gasteiger partial charge in [-0.3, -0.25) is 0 Å². The molecule has 116 valence electrons. The Morgan fingerprint density at radius 2 is 1.23 bits per heavy atom. The van der Waals surface area contributed by atoms with Crippen molar-refractivity contribution in [1.29, 1.82) is 0 Å². The van der Waals surface area contributed by atoms with Gasteiger partial charge in [-0.1, -0.05) is 86.7 Å². The van der Waals surface area contributed by atoms with Crippen molar-refractivity contribution in [3.8, 4) is 0 Å². The molecule has 0 aromatic heterocycles. The predicted molar refractivity (Wildman–Crippen MR) is 90.9 cm³/mol. The highest BCUT2D eigenvalue weighted by molar-refractivity contribution is 5.69. The second-order valence-corrected chi connectivity index (χ2v) is 4.99. The van der Waals surface area contributed by atoms with Gasteiger partial charge in [-0.2, -0.15) is 0 Å². The lowest BCUT2D eigenvalue weighted by molar-refractivity contribution is -0.311. The lowest BCUT2D eigenvalue weighted by Crippen LogP contribution is -2.30. The summed E-state index contributed by atoms with van der Waals surface area (Å²) in [6, 6.07) is 20.6. The van der Waals surface area contributed by atoms with Crippen LogP contribution >= 0.6 is 0 Å². The van der Waals surface area contributed by atoms with E-state index in [9.17, 15) is 9.90 Å². The van der Waals surface area contributed by atoms with E-state index in [1.165, 1.54) is 11.1 Å². The van der Waals surface area contributed by atoms with Crippen molar-refractivity contribution in [2.24, 2.45) is 5.92 Å². The van der Waals surface area contributed by atoms with Crippen LogP contribution in [0.1, 0.15) is 37.8 Å². The number of carbonyl (C=O) groups excluding carboxylic acids is 1. The molecule has 0 saturated carbocycles. The Bertz CT molecular complexity index is 513. The van der Waals surface area contributed by atoms with Crippen LogP contribution in [0.25, 0.3) is 12.2 Å². The Kier molecular flexibility index (Phi) is 8.36. The smallest absolute Gasteiger partial charge is 0.0445 e. The molecule has 0 radical (unpaired) electrons. The average molecular weight is 295 g/mol. The number of aliphatic carboxylic acids is 1. The van der Waals surface area contributed by atoms with E-state index in [1.54, 1.807) is 0 Å². The third-order valence-electron chi connectivity index (χ3n) is 3.39. The zero-order valence-corrected chi connectivity index (χ0v) is 13.2. The summed E-state index contributed by atoms with van der Waals surface area (Å²) in [5, 5.41) is 10.1. The number of hydrogen-bond donors (Lipinski definition) is 0. The van der Waals surface area contributed by atoms with Gasteiger partial charge in [0.1, 0.15) is 0 Å². The van der Waals surface area contributed by atoms with Crippen LogP contribution < -0.4 is 5.11 Å². The molecule has 0 atom stereocenters. The third kappa shape index (κ3) is 6.89. The fraction of sp³-hybridized carbons (Fsp3) is 0.250. The van der Waals surface area contributed by atoms with Crippen LogP contribution in [-0.2, 0) is 4.79 Å². The summed E-state index contributed by atoms with van der Waals surface area (Å²) < 4.78 is 0. The van der Waals surface area contributed by atoms with Crippen molar-refractivity contribution in [3.05, 3.63) is 71.8 Å². The first-order valence-electron chi connectivity index (χ1n) is 7.66. The van der Waals surface area contributed by atoms with Crippen molar-refractivity contribution in [1.82, 2.24) is 0 Å². The normalized spacial score (nSPS) is 10.3. The zero-order chi connectivity index (χ0) is 16.2. The van der Waals surface area contributed by atoms with Crippen LogP contribution in [0.5, 0.6) is 0 Å². The summed E-state index contributed by atoms with van der Waals surface area (Å²) in [5.74, 6) is -1.16. The van der Waals surface area contributed by atoms with E-state index in [2.05, 4.69) is 36.4 Å². The van der Waals surface area contributed by atoms with Gasteiger partial charge in [0, 0.05) is 5.97 Å². The molecule has 0 unspecified atom stereocenters. The number of rotatable bonds is 5. The van der Waals surface area contributed by atoms with Gasteiger partial charge in [0.25, 0.3) is 0 Å². The van der Waals surface area contributed by atoms with Gasteiger partial charge in [-0.15, -0.1) is 0 Å². The van der Waals surface area contributed by atoms with Crippen LogP contribution in [0.4, 0.5) is 0 Å². The molecule has 2 rings (SSSR count). The second kappa shape index (κ2) is 10.4. The number of carboxylic acids is 1. The molecule has 0 aliphatic heterocycles. The van der Waals surface area contributed by atoms with Gasteiger partial charge < -0.3 is 9.90 Å². The van der Waals surface area contributed by atoms with Crippen molar-refractivity contribution < 1.29 is 9.90 Å². The minimum absolute atomic E-state index is 0.241. The molecule has 0 amide bonds. The van der Waals surface area contributed by atoms with Gasteiger partial charge >= 0.3 is 0 Å². The molecule has 2 aromatic rings. The SMILES string of the molecule is C(=C\c1ccccc1)/c1ccccc1.CCC(CC)C(=O)[O-]. The maximum absolute atomic E-state index is 10.1. The summed E-state index contributed by atoms with van der Waals surface area (Å²) in [5.41, 5.74) is 2.47. The van der Waals surface area contributed by atoms with Crippen molar-refractivity contribution >= 4 is 18.1 Å². The first kappa shape index (κ1) is 17.7. The summed E-state index contributed by atoms with van der Waals surface area (Å²) in [4.78, 5) is 10.1. The fourth-order valence-electron chi connectivity index (χ4n) is 1.94. The Labute approximate surface area is 133 Å². The van der Waals surface area contributed by atoms with Crippen molar-refractivity contribution in [2.45, 2.75) is 26.7 Å². The van der Waals surface area contributed by atoms with Gasteiger partial charge in [-0.25, -0.2) is 0 Å². The van der Waals surface area contributed by atoms with Gasteiger partial charge in [0.15, 0.2) is 0 Å². The number of hydrogen-bond acceptors (Lipinski definition) is 2. The lowest BCUT2D eigenvalue weighted by Gasteiger charge is -2.11. The average Bonchev–Trinajstić information content (AvgIpc) is 2.56. The van der Waals surface area contributed by atoms with E-state index in [-0.39, 0.29) is 5.92 Å². The van der Waals surface area contributed by atoms with Crippen molar-refractivity contribution in [3.63, 3.8) is 0 Å². The molecule has 2 nitrogen and oxygen atoms in total. The first-order valence-corrected chi connectivity index (χ1v) is 7.66. The lowest BCUT2D eigenvalue weighted by atomic mass is 10.1. The number of carbonyl (C=O) groups is 1. The second-order valence-electron chi connectivity index (χ2n) is 4.99. The maximum Gasteiger partial charge on any atom is 0.0445 e. The summed E-state index contributed by atoms with van der Waals surface area (Å²) in [7, 11) is 0. The predicted octanol–water partition coefficient (Wildman–Crippen LogP) is 4.03. The highest BCUT2D eigenvalue weighted by atomic mass is 16.4. The third-order valence-corrected chi connectivity index (χ3v) is 3.39. The van der Waals surface area contributed by atoms with Crippen LogP contribution in [0.2, 0.25) is 0 Å². The molecule has 0 aliphatic rings. The molecule has 22 heavy (non-hydrogen) atoms. The Hall–Kier alpha value is -2.35. The van der Waals surface area contributed by atoms with Gasteiger partial charge in [0.2, 0.25) is 0 Å². The Morgan fingerprint density at radius 3 is 1.45 bits per heavy atom. The Morgan fingerprint density at radius 1 is 0.864 bits per heavy atom. The maximum atomic E-state index is 10.1. The van der Waals surface area contributed by atoms with Crippen LogP contribution in [0.15, 0.2) is 60.7 Å². The van der Waals surface area contributed by atoms with Crippen molar-refractivity contribution in [2.75, 3.05) is 0 Å². The van der Waals surface area contributed by atoms with Gasteiger partial charge in [0.05, 0.1) is 0 Å². The molecular formula is C20H23O2-. The number of benzene rings is 2. The van der Waals surface area contributed by atoms with Crippen LogP contribution in [0, 0.1) is 5.92 Å². The summed E-state index contributed by atoms with van der Waals surface area (Å²) in [6.07, 6.45) is 5.60. The van der Waals surface area contributed by atoms with E-state index in [1.807, 2.05) is 50.2 Å². The highest BCUT2D eigenvalue weighted by Crippen LogP contribution is 2.07. The molecule has 0 spiro atoms. The van der Waals surface area contributed by atoms with E-state index < -0.39 is 5.97 Å². The molecule has 0 heterocycles. The molecule has 0 fully saturated rings. The molecule has 2 heteroatoms. The number of carboxylic acid groups (broad SMARTS) is 1. The van der Waals surface area contributed by atoms with E-state index in [0.717, 1.165) is 0 Å². The molecule has 0 saturated heterocycles. The van der Waals surface area contributed by atoms with E-state index in [0.29, 0.717) is 12.8 Å². The molecule has 0 N–H and O–H groups in total. The first-order chi connectivity index (χ1) is 10.7. The van der Waals surface area contributed by atoms with Crippen LogP contribution in [0.3, 0.4) is 0 Å². The summed E-state index contributed by atoms with van der Waals surface area (Å²) in [6.45, 7) is 3.70. The van der Waals surface area contributed by atoms with E-state index in [4.69, 9.17) is 0 Å². The quantitative estimate of drug-likeness (QED) is 0.781. The highest BCUT2D eigenvalue weighted by Gasteiger charge is 2.01. The monoisotopic (exact) mass is 295 g/mol. The standard InChI is InChI=1S/C14H12.C6H12O2/c1-3-7-13(8-4-1)11-12-14-9-5-2-6-10-14;1-3-5(4-2)6(7)8/h1-12H;5H,3-4H2,1-2H3,(H,7,8)/p-1/b12-11+;. The zero-order valence-electron chi connectivity index (χ0n) is 13.2. The fourth-order valence-corrected chi connectivity index (χ4v) is 1.94. The minimum Gasteiger partial charge on any atom is -0.550 e.